The van der Waals surface area contributed by atoms with Crippen molar-refractivity contribution >= 4 is 23.2 Å². The Kier molecular flexibility index (Phi) is 5.10. The number of fused-ring (bicyclic) bond motifs is 1. The first kappa shape index (κ1) is 18.9. The molecular weight excluding hydrogens is 404 g/mol. The van der Waals surface area contributed by atoms with E-state index in [-0.39, 0.29) is 16.3 Å². The molecule has 0 fully saturated rings. The van der Waals surface area contributed by atoms with Crippen LogP contribution in [0, 0.1) is 5.82 Å². The van der Waals surface area contributed by atoms with Crippen molar-refractivity contribution in [1.29, 1.82) is 0 Å². The average Bonchev–Trinajstić information content (AvgIpc) is 2.66. The van der Waals surface area contributed by atoms with Crippen molar-refractivity contribution in [1.82, 2.24) is 14.9 Å². The van der Waals surface area contributed by atoms with Gasteiger partial charge >= 0.3 is 0 Å². The second kappa shape index (κ2) is 7.54. The lowest BCUT2D eigenvalue weighted by molar-refractivity contribution is 0.237. The highest BCUT2D eigenvalue weighted by Crippen LogP contribution is 2.30. The van der Waals surface area contributed by atoms with Crippen molar-refractivity contribution in [2.45, 2.75) is 19.5 Å². The van der Waals surface area contributed by atoms with Crippen molar-refractivity contribution < 1.29 is 9.50 Å². The summed E-state index contributed by atoms with van der Waals surface area (Å²) in [7, 11) is 0. The van der Waals surface area contributed by atoms with E-state index in [0.717, 1.165) is 11.6 Å². The highest BCUT2D eigenvalue weighted by molar-refractivity contribution is 6.32. The molecule has 2 N–H and O–H groups in total. The second-order valence-electron chi connectivity index (χ2n) is 6.70. The maximum atomic E-state index is 13.6. The van der Waals surface area contributed by atoms with Gasteiger partial charge in [0.15, 0.2) is 0 Å². The largest absolute Gasteiger partial charge is 0.506 e. The fourth-order valence-corrected chi connectivity index (χ4v) is 3.71. The molecule has 0 spiro atoms. The zero-order chi connectivity index (χ0) is 19.8. The van der Waals surface area contributed by atoms with Crippen LogP contribution >= 0.6 is 23.2 Å². The van der Waals surface area contributed by atoms with E-state index >= 15 is 0 Å². The molecule has 2 aromatic carbocycles. The van der Waals surface area contributed by atoms with Gasteiger partial charge in [-0.05, 0) is 42.8 Å². The zero-order valence-electron chi connectivity index (χ0n) is 14.7. The lowest BCUT2D eigenvalue weighted by Gasteiger charge is -2.28. The minimum atomic E-state index is -0.505. The maximum absolute atomic E-state index is 13.6. The molecule has 5 nitrogen and oxygen atoms in total. The van der Waals surface area contributed by atoms with Gasteiger partial charge in [0.2, 0.25) is 0 Å². The zero-order valence-corrected chi connectivity index (χ0v) is 16.2. The lowest BCUT2D eigenvalue weighted by Crippen LogP contribution is -2.35. The number of benzene rings is 2. The quantitative estimate of drug-likeness (QED) is 0.668. The van der Waals surface area contributed by atoms with Gasteiger partial charge in [-0.1, -0.05) is 23.2 Å². The molecule has 0 unspecified atom stereocenters. The van der Waals surface area contributed by atoms with Crippen LogP contribution in [-0.4, -0.2) is 26.5 Å². The molecule has 0 radical (unpaired) electrons. The van der Waals surface area contributed by atoms with Gasteiger partial charge < -0.3 is 10.1 Å². The van der Waals surface area contributed by atoms with Crippen LogP contribution < -0.4 is 5.56 Å². The Morgan fingerprint density at radius 2 is 1.96 bits per heavy atom. The molecule has 0 bridgehead atoms. The van der Waals surface area contributed by atoms with E-state index in [4.69, 9.17) is 23.2 Å². The number of phenols is 1. The highest BCUT2D eigenvalue weighted by Gasteiger charge is 2.23. The summed E-state index contributed by atoms with van der Waals surface area (Å²) in [6.45, 7) is 1.30. The normalized spacial score (nSPS) is 14.1. The molecule has 8 heteroatoms. The molecule has 0 saturated heterocycles. The van der Waals surface area contributed by atoms with Gasteiger partial charge in [0.05, 0.1) is 10.7 Å². The van der Waals surface area contributed by atoms with Crippen LogP contribution in [0.5, 0.6) is 5.75 Å². The maximum Gasteiger partial charge on any atom is 0.254 e. The van der Waals surface area contributed by atoms with Gasteiger partial charge in [0, 0.05) is 41.3 Å². The Morgan fingerprint density at radius 3 is 2.71 bits per heavy atom. The fourth-order valence-electron chi connectivity index (χ4n) is 3.35. The van der Waals surface area contributed by atoms with Crippen LogP contribution in [0.15, 0.2) is 41.2 Å². The molecule has 2 heterocycles. The number of H-pyrrole nitrogens is 1. The Bertz CT molecular complexity index is 1100. The number of aromatic nitrogens is 2. The molecule has 28 heavy (non-hydrogen) atoms. The SMILES string of the molecule is O=c1[nH]c(-c2ccc(Cl)cc2)nc2c1CCN(Cc1cc(F)cc(Cl)c1O)C2. The van der Waals surface area contributed by atoms with E-state index in [0.29, 0.717) is 53.7 Å². The summed E-state index contributed by atoms with van der Waals surface area (Å²) in [5.74, 6) is -0.164. The van der Waals surface area contributed by atoms with Gasteiger partial charge in [0.1, 0.15) is 17.4 Å². The summed E-state index contributed by atoms with van der Waals surface area (Å²) >= 11 is 11.8. The van der Waals surface area contributed by atoms with Crippen LogP contribution in [0.25, 0.3) is 11.4 Å². The van der Waals surface area contributed by atoms with Gasteiger partial charge in [-0.3, -0.25) is 9.69 Å². The number of nitrogens with one attached hydrogen (secondary N) is 1. The predicted molar refractivity (Wildman–Crippen MR) is 106 cm³/mol. The first-order valence-electron chi connectivity index (χ1n) is 8.68. The van der Waals surface area contributed by atoms with Crippen LogP contribution in [0.2, 0.25) is 10.0 Å². The van der Waals surface area contributed by atoms with Gasteiger partial charge in [0.25, 0.3) is 5.56 Å². The number of hydrogen-bond donors (Lipinski definition) is 2. The fraction of sp³-hybridized carbons (Fsp3) is 0.200. The number of aromatic hydroxyl groups is 1. The van der Waals surface area contributed by atoms with Crippen molar-refractivity contribution in [3.8, 4) is 17.1 Å². The second-order valence-corrected chi connectivity index (χ2v) is 7.55. The van der Waals surface area contributed by atoms with Crippen LogP contribution in [0.4, 0.5) is 4.39 Å². The number of nitrogens with zero attached hydrogens (tertiary/aromatic N) is 2. The lowest BCUT2D eigenvalue weighted by atomic mass is 10.0. The molecule has 0 amide bonds. The predicted octanol–water partition coefficient (Wildman–Crippen LogP) is 4.15. The van der Waals surface area contributed by atoms with Crippen LogP contribution in [0.1, 0.15) is 16.8 Å². The Labute approximate surface area is 170 Å². The molecular formula is C20H16Cl2FN3O2. The summed E-state index contributed by atoms with van der Waals surface area (Å²) in [5, 5.41) is 10.7. The number of rotatable bonds is 3. The molecule has 144 valence electrons. The molecule has 0 atom stereocenters. The van der Waals surface area contributed by atoms with E-state index in [1.54, 1.807) is 24.3 Å². The summed E-state index contributed by atoms with van der Waals surface area (Å²) in [6.07, 6.45) is 0.516. The number of phenolic OH excluding ortho intramolecular Hbond substituents is 1. The third kappa shape index (κ3) is 3.76. The highest BCUT2D eigenvalue weighted by atomic mass is 35.5. The topological polar surface area (TPSA) is 69.2 Å². The standard InChI is InChI=1S/C20H16Cl2FN3O2/c21-13-3-1-11(2-4-13)19-24-17-10-26(6-5-15(17)20(28)25-19)9-12-7-14(23)8-16(22)18(12)27/h1-4,7-8,27H,5-6,9-10H2,(H,24,25,28). The molecule has 1 aliphatic heterocycles. The Morgan fingerprint density at radius 1 is 1.21 bits per heavy atom. The number of hydrogen-bond acceptors (Lipinski definition) is 4. The molecule has 0 aliphatic carbocycles. The minimum absolute atomic E-state index is 0.0213. The molecule has 1 aromatic heterocycles. The summed E-state index contributed by atoms with van der Waals surface area (Å²) < 4.78 is 13.6. The molecule has 3 aromatic rings. The van der Waals surface area contributed by atoms with Gasteiger partial charge in [-0.15, -0.1) is 0 Å². The molecule has 4 rings (SSSR count). The van der Waals surface area contributed by atoms with Crippen LogP contribution in [0.3, 0.4) is 0 Å². The number of aromatic amines is 1. The van der Waals surface area contributed by atoms with E-state index in [1.165, 1.54) is 6.07 Å². The first-order chi connectivity index (χ1) is 13.4. The van der Waals surface area contributed by atoms with Crippen molar-refractivity contribution in [3.63, 3.8) is 0 Å². The van der Waals surface area contributed by atoms with Crippen molar-refractivity contribution in [2.75, 3.05) is 6.54 Å². The minimum Gasteiger partial charge on any atom is -0.506 e. The first-order valence-corrected chi connectivity index (χ1v) is 9.43. The Hall–Kier alpha value is -2.41. The molecule has 0 saturated carbocycles. The van der Waals surface area contributed by atoms with E-state index in [9.17, 15) is 14.3 Å². The smallest absolute Gasteiger partial charge is 0.254 e. The molecule has 1 aliphatic rings. The monoisotopic (exact) mass is 419 g/mol. The van der Waals surface area contributed by atoms with Gasteiger partial charge in [-0.25, -0.2) is 9.37 Å². The van der Waals surface area contributed by atoms with E-state index in [2.05, 4.69) is 9.97 Å². The Balaban J connectivity index is 1.63. The summed E-state index contributed by atoms with van der Waals surface area (Å²) in [4.78, 5) is 21.9. The summed E-state index contributed by atoms with van der Waals surface area (Å²) in [6, 6.07) is 9.39. The third-order valence-electron chi connectivity index (χ3n) is 4.77. The third-order valence-corrected chi connectivity index (χ3v) is 5.31. The number of halogens is 3. The van der Waals surface area contributed by atoms with Gasteiger partial charge in [-0.2, -0.15) is 0 Å². The van der Waals surface area contributed by atoms with Crippen molar-refractivity contribution in [2.24, 2.45) is 0 Å². The summed E-state index contributed by atoms with van der Waals surface area (Å²) in [5.41, 5.74) is 2.32. The van der Waals surface area contributed by atoms with Crippen molar-refractivity contribution in [3.05, 3.63) is 79.4 Å². The van der Waals surface area contributed by atoms with E-state index < -0.39 is 5.82 Å². The van der Waals surface area contributed by atoms with Crippen LogP contribution in [-0.2, 0) is 19.5 Å². The van der Waals surface area contributed by atoms with E-state index in [1.807, 2.05) is 4.90 Å². The average molecular weight is 420 g/mol.